The van der Waals surface area contributed by atoms with Crippen LogP contribution < -0.4 is 10.5 Å². The summed E-state index contributed by atoms with van der Waals surface area (Å²) >= 11 is 0. The highest BCUT2D eigenvalue weighted by Crippen LogP contribution is 2.30. The predicted molar refractivity (Wildman–Crippen MR) is 106 cm³/mol. The van der Waals surface area contributed by atoms with Crippen molar-refractivity contribution in [3.8, 4) is 0 Å². The lowest BCUT2D eigenvalue weighted by Crippen LogP contribution is -2.30. The quantitative estimate of drug-likeness (QED) is 0.448. The number of sulfonamides is 1. The van der Waals surface area contributed by atoms with Crippen molar-refractivity contribution in [2.75, 3.05) is 10.5 Å². The Hall–Kier alpha value is -1.56. The van der Waals surface area contributed by atoms with Crippen molar-refractivity contribution in [1.29, 1.82) is 0 Å². The number of carbonyl (C=O) groups excluding carboxylic acids is 1. The van der Waals surface area contributed by atoms with Gasteiger partial charge >= 0.3 is 0 Å². The Bertz CT molecular complexity index is 731. The first-order valence-corrected chi connectivity index (χ1v) is 11.5. The Morgan fingerprint density at radius 1 is 0.923 bits per heavy atom. The van der Waals surface area contributed by atoms with Gasteiger partial charge in [-0.2, -0.15) is 0 Å². The number of anilines is 2. The highest BCUT2D eigenvalue weighted by molar-refractivity contribution is 7.93. The van der Waals surface area contributed by atoms with E-state index in [9.17, 15) is 13.2 Å². The molecule has 0 spiro atoms. The number of hydrogen-bond acceptors (Lipinski definition) is 4. The highest BCUT2D eigenvalue weighted by atomic mass is 32.2. The Morgan fingerprint density at radius 3 is 2.15 bits per heavy atom. The molecule has 1 aromatic carbocycles. The SMILES string of the molecule is Nc1ccc(C(=O)C2CCCCCC2)cc1NS(=O)(=O)C1CCCCC1. The van der Waals surface area contributed by atoms with Gasteiger partial charge in [0.05, 0.1) is 16.6 Å². The van der Waals surface area contributed by atoms with Gasteiger partial charge in [0.2, 0.25) is 10.0 Å². The Labute approximate surface area is 156 Å². The zero-order valence-electron chi connectivity index (χ0n) is 15.4. The van der Waals surface area contributed by atoms with Crippen molar-refractivity contribution in [1.82, 2.24) is 0 Å². The fourth-order valence-corrected chi connectivity index (χ4v) is 5.79. The van der Waals surface area contributed by atoms with Gasteiger partial charge in [0, 0.05) is 11.5 Å². The molecule has 2 saturated carbocycles. The second-order valence-corrected chi connectivity index (χ2v) is 9.72. The van der Waals surface area contributed by atoms with Crippen LogP contribution in [0.1, 0.15) is 81.0 Å². The molecule has 0 aromatic heterocycles. The zero-order valence-corrected chi connectivity index (χ0v) is 16.2. The van der Waals surface area contributed by atoms with Gasteiger partial charge in [0.15, 0.2) is 5.78 Å². The minimum absolute atomic E-state index is 0.0453. The van der Waals surface area contributed by atoms with E-state index in [1.807, 2.05) is 0 Å². The van der Waals surface area contributed by atoms with Crippen LogP contribution in [0.25, 0.3) is 0 Å². The van der Waals surface area contributed by atoms with Gasteiger partial charge in [-0.05, 0) is 43.9 Å². The number of hydrogen-bond donors (Lipinski definition) is 2. The van der Waals surface area contributed by atoms with E-state index in [0.29, 0.717) is 29.8 Å². The number of Topliss-reactive ketones (excluding diaryl/α,β-unsaturated/α-hetero) is 1. The average Bonchev–Trinajstić information content (AvgIpc) is 2.93. The molecule has 0 aliphatic heterocycles. The van der Waals surface area contributed by atoms with Crippen LogP contribution in [-0.2, 0) is 10.0 Å². The molecule has 0 bridgehead atoms. The molecule has 0 saturated heterocycles. The highest BCUT2D eigenvalue weighted by Gasteiger charge is 2.28. The molecule has 5 nitrogen and oxygen atoms in total. The monoisotopic (exact) mass is 378 g/mol. The minimum atomic E-state index is -3.47. The van der Waals surface area contributed by atoms with E-state index in [2.05, 4.69) is 4.72 Å². The molecule has 2 aliphatic rings. The van der Waals surface area contributed by atoms with Crippen LogP contribution in [-0.4, -0.2) is 19.5 Å². The van der Waals surface area contributed by atoms with Crippen LogP contribution in [0.2, 0.25) is 0 Å². The lowest BCUT2D eigenvalue weighted by atomic mass is 9.91. The first-order chi connectivity index (χ1) is 12.5. The van der Waals surface area contributed by atoms with Gasteiger partial charge in [0.25, 0.3) is 0 Å². The Morgan fingerprint density at radius 2 is 1.50 bits per heavy atom. The summed E-state index contributed by atoms with van der Waals surface area (Å²) in [5.41, 5.74) is 7.26. The van der Waals surface area contributed by atoms with Gasteiger partial charge in [-0.1, -0.05) is 44.9 Å². The summed E-state index contributed by atoms with van der Waals surface area (Å²) in [4.78, 5) is 12.9. The zero-order chi connectivity index (χ0) is 18.6. The fourth-order valence-electron chi connectivity index (χ4n) is 4.19. The molecule has 3 N–H and O–H groups in total. The third-order valence-corrected chi connectivity index (χ3v) is 7.66. The third-order valence-electron chi connectivity index (χ3n) is 5.81. The maximum Gasteiger partial charge on any atom is 0.235 e. The van der Waals surface area contributed by atoms with E-state index in [1.165, 1.54) is 12.8 Å². The van der Waals surface area contributed by atoms with E-state index >= 15 is 0 Å². The number of nitrogen functional groups attached to an aromatic ring is 1. The van der Waals surface area contributed by atoms with Gasteiger partial charge < -0.3 is 5.73 Å². The summed E-state index contributed by atoms with van der Waals surface area (Å²) in [5, 5.41) is -0.364. The number of nitrogens with two attached hydrogens (primary N) is 1. The van der Waals surface area contributed by atoms with Crippen molar-refractivity contribution in [3.05, 3.63) is 23.8 Å². The average molecular weight is 379 g/mol. The Balaban J connectivity index is 1.77. The molecule has 26 heavy (non-hydrogen) atoms. The third kappa shape index (κ3) is 4.58. The molecule has 0 atom stereocenters. The fraction of sp³-hybridized carbons (Fsp3) is 0.650. The molecular formula is C20H30N2O3S. The number of carbonyl (C=O) groups is 1. The van der Waals surface area contributed by atoms with Crippen molar-refractivity contribution in [2.24, 2.45) is 5.92 Å². The summed E-state index contributed by atoms with van der Waals surface area (Å²) in [6.45, 7) is 0. The molecule has 6 heteroatoms. The minimum Gasteiger partial charge on any atom is -0.397 e. The van der Waals surface area contributed by atoms with E-state index < -0.39 is 10.0 Å². The van der Waals surface area contributed by atoms with Crippen LogP contribution in [0.4, 0.5) is 11.4 Å². The Kier molecular flexibility index (Phi) is 6.22. The molecule has 0 unspecified atom stereocenters. The van der Waals surface area contributed by atoms with E-state index in [-0.39, 0.29) is 17.0 Å². The van der Waals surface area contributed by atoms with E-state index in [1.54, 1.807) is 18.2 Å². The molecule has 144 valence electrons. The molecule has 3 rings (SSSR count). The molecule has 2 fully saturated rings. The van der Waals surface area contributed by atoms with Gasteiger partial charge in [0.1, 0.15) is 0 Å². The largest absolute Gasteiger partial charge is 0.397 e. The second-order valence-electron chi connectivity index (χ2n) is 7.76. The van der Waals surface area contributed by atoms with Crippen molar-refractivity contribution in [3.63, 3.8) is 0 Å². The van der Waals surface area contributed by atoms with Crippen molar-refractivity contribution >= 4 is 27.2 Å². The molecular weight excluding hydrogens is 348 g/mol. The van der Waals surface area contributed by atoms with Crippen LogP contribution in [0, 0.1) is 5.92 Å². The van der Waals surface area contributed by atoms with Crippen LogP contribution in [0.15, 0.2) is 18.2 Å². The number of benzene rings is 1. The smallest absolute Gasteiger partial charge is 0.235 e. The standard InChI is InChI=1S/C20H30N2O3S/c21-18-13-12-16(20(23)15-8-4-1-2-5-9-15)14-19(18)22-26(24,25)17-10-6-3-7-11-17/h12-15,17,22H,1-11,21H2. The van der Waals surface area contributed by atoms with Crippen molar-refractivity contribution < 1.29 is 13.2 Å². The number of ketones is 1. The topological polar surface area (TPSA) is 89.3 Å². The molecule has 0 heterocycles. The normalized spacial score (nSPS) is 20.5. The van der Waals surface area contributed by atoms with E-state index in [0.717, 1.165) is 44.9 Å². The van der Waals surface area contributed by atoms with Gasteiger partial charge in [-0.15, -0.1) is 0 Å². The maximum absolute atomic E-state index is 12.9. The van der Waals surface area contributed by atoms with Gasteiger partial charge in [-0.3, -0.25) is 9.52 Å². The van der Waals surface area contributed by atoms with Gasteiger partial charge in [-0.25, -0.2) is 8.42 Å². The second kappa shape index (κ2) is 8.42. The predicted octanol–water partition coefficient (Wildman–Crippen LogP) is 4.50. The van der Waals surface area contributed by atoms with E-state index in [4.69, 9.17) is 5.73 Å². The summed E-state index contributed by atoms with van der Waals surface area (Å²) in [5.74, 6) is 0.161. The van der Waals surface area contributed by atoms with Crippen LogP contribution >= 0.6 is 0 Å². The van der Waals surface area contributed by atoms with Crippen LogP contribution in [0.5, 0.6) is 0 Å². The van der Waals surface area contributed by atoms with Crippen molar-refractivity contribution in [2.45, 2.75) is 75.9 Å². The summed E-state index contributed by atoms with van der Waals surface area (Å²) in [6, 6.07) is 4.99. The molecule has 1 aromatic rings. The molecule has 2 aliphatic carbocycles. The maximum atomic E-state index is 12.9. The summed E-state index contributed by atoms with van der Waals surface area (Å²) in [7, 11) is -3.47. The molecule has 0 amide bonds. The first kappa shape index (κ1) is 19.2. The van der Waals surface area contributed by atoms with Crippen LogP contribution in [0.3, 0.4) is 0 Å². The molecule has 0 radical (unpaired) electrons. The summed E-state index contributed by atoms with van der Waals surface area (Å²) < 4.78 is 28.0. The number of rotatable bonds is 5. The first-order valence-electron chi connectivity index (χ1n) is 9.93. The number of nitrogens with one attached hydrogen (secondary N) is 1. The lowest BCUT2D eigenvalue weighted by Gasteiger charge is -2.23. The summed E-state index contributed by atoms with van der Waals surface area (Å²) in [6.07, 6.45) is 10.8. The lowest BCUT2D eigenvalue weighted by molar-refractivity contribution is 0.0908.